The van der Waals surface area contributed by atoms with Crippen LogP contribution in [0.3, 0.4) is 0 Å². The molecule has 0 saturated heterocycles. The van der Waals surface area contributed by atoms with E-state index in [0.717, 1.165) is 25.7 Å². The summed E-state index contributed by atoms with van der Waals surface area (Å²) in [7, 11) is 0. The summed E-state index contributed by atoms with van der Waals surface area (Å²) < 4.78 is 1.02. The van der Waals surface area contributed by atoms with Gasteiger partial charge in [0.15, 0.2) is 5.16 Å². The topological polar surface area (TPSA) is 51.8 Å². The van der Waals surface area contributed by atoms with Gasteiger partial charge in [-0.2, -0.15) is 0 Å². The van der Waals surface area contributed by atoms with Crippen molar-refractivity contribution in [2.24, 2.45) is 5.73 Å². The second kappa shape index (κ2) is 5.82. The van der Waals surface area contributed by atoms with E-state index in [1.54, 1.807) is 0 Å². The zero-order valence-corrected chi connectivity index (χ0v) is 12.6. The number of hydrogen-bond acceptors (Lipinski definition) is 4. The van der Waals surface area contributed by atoms with Crippen molar-refractivity contribution in [1.82, 2.24) is 9.97 Å². The first-order valence-electron chi connectivity index (χ1n) is 5.58. The molecule has 18 heavy (non-hydrogen) atoms. The summed E-state index contributed by atoms with van der Waals surface area (Å²) in [5.74, 6) is 0. The van der Waals surface area contributed by atoms with Gasteiger partial charge >= 0.3 is 0 Å². The number of aryl methyl sites for hydroxylation is 1. The molecule has 1 aromatic heterocycles. The average Bonchev–Trinajstić information content (AvgIpc) is 2.34. The van der Waals surface area contributed by atoms with Gasteiger partial charge in [0.2, 0.25) is 0 Å². The Hall–Kier alpha value is -0.910. The van der Waals surface area contributed by atoms with Crippen LogP contribution in [0.2, 0.25) is 0 Å². The highest BCUT2D eigenvalue weighted by atomic mass is 79.9. The molecule has 0 bridgehead atoms. The molecule has 0 saturated carbocycles. The summed E-state index contributed by atoms with van der Waals surface area (Å²) in [5.41, 5.74) is 8.02. The zero-order valence-electron chi connectivity index (χ0n) is 10.2. The lowest BCUT2D eigenvalue weighted by Crippen LogP contribution is -2.04. The Morgan fingerprint density at radius 1 is 1.28 bits per heavy atom. The van der Waals surface area contributed by atoms with E-state index in [0.29, 0.717) is 0 Å². The third kappa shape index (κ3) is 3.31. The fourth-order valence-corrected chi connectivity index (χ4v) is 2.75. The van der Waals surface area contributed by atoms with E-state index in [4.69, 9.17) is 5.73 Å². The average molecular weight is 324 g/mol. The van der Waals surface area contributed by atoms with Gasteiger partial charge in [-0.15, -0.1) is 0 Å². The van der Waals surface area contributed by atoms with Gasteiger partial charge in [0.1, 0.15) is 0 Å². The number of rotatable bonds is 3. The van der Waals surface area contributed by atoms with E-state index in [9.17, 15) is 0 Å². The third-order valence-electron chi connectivity index (χ3n) is 2.44. The van der Waals surface area contributed by atoms with E-state index >= 15 is 0 Å². The second-order valence-electron chi connectivity index (χ2n) is 4.12. The predicted molar refractivity (Wildman–Crippen MR) is 77.6 cm³/mol. The van der Waals surface area contributed by atoms with Crippen molar-refractivity contribution in [3.63, 3.8) is 0 Å². The van der Waals surface area contributed by atoms with E-state index in [1.807, 2.05) is 44.4 Å². The third-order valence-corrected chi connectivity index (χ3v) is 4.33. The largest absolute Gasteiger partial charge is 0.324 e. The Balaban J connectivity index is 2.22. The number of aromatic nitrogens is 2. The lowest BCUT2D eigenvalue weighted by molar-refractivity contribution is 0.815. The summed E-state index contributed by atoms with van der Waals surface area (Å²) in [4.78, 5) is 9.64. The molecule has 5 heteroatoms. The Kier molecular flexibility index (Phi) is 4.37. The number of halogens is 1. The predicted octanol–water partition coefficient (Wildman–Crippen LogP) is 3.72. The van der Waals surface area contributed by atoms with Crippen molar-refractivity contribution >= 4 is 27.7 Å². The molecule has 2 rings (SSSR count). The maximum absolute atomic E-state index is 5.85. The monoisotopic (exact) mass is 323 g/mol. The summed E-state index contributed by atoms with van der Waals surface area (Å²) >= 11 is 5.09. The van der Waals surface area contributed by atoms with Crippen LogP contribution >= 0.6 is 27.7 Å². The minimum Gasteiger partial charge on any atom is -0.324 e. The molecule has 3 nitrogen and oxygen atoms in total. The number of nitrogens with two attached hydrogens (primary N) is 1. The number of hydrogen-bond donors (Lipinski definition) is 1. The molecule has 2 N–H and O–H groups in total. The zero-order chi connectivity index (χ0) is 13.1. The van der Waals surface area contributed by atoms with Gasteiger partial charge in [0.05, 0.1) is 0 Å². The molecule has 0 aliphatic heterocycles. The summed E-state index contributed by atoms with van der Waals surface area (Å²) in [6.07, 6.45) is 3.64. The summed E-state index contributed by atoms with van der Waals surface area (Å²) in [6, 6.07) is 6.15. The van der Waals surface area contributed by atoms with Crippen molar-refractivity contribution in [2.75, 3.05) is 0 Å². The van der Waals surface area contributed by atoms with Gasteiger partial charge in [-0.05, 0) is 64.8 Å². The first-order chi connectivity index (χ1) is 8.56. The van der Waals surface area contributed by atoms with Crippen LogP contribution in [0.4, 0.5) is 0 Å². The molecule has 0 amide bonds. The molecule has 0 fully saturated rings. The number of nitrogens with zero attached hydrogens (tertiary/aromatic N) is 2. The molecule has 94 valence electrons. The maximum Gasteiger partial charge on any atom is 0.192 e. The SMILES string of the molecule is Cc1cnc(Sc2ccc([C@H](C)N)cc2Br)nc1. The molecule has 1 atom stereocenters. The lowest BCUT2D eigenvalue weighted by atomic mass is 10.1. The standard InChI is InChI=1S/C13H14BrN3S/c1-8-6-16-13(17-7-8)18-12-4-3-10(9(2)15)5-11(12)14/h3-7,9H,15H2,1-2H3/t9-/m0/s1. The van der Waals surface area contributed by atoms with Gasteiger partial charge in [0, 0.05) is 27.8 Å². The normalized spacial score (nSPS) is 12.4. The molecule has 0 aliphatic carbocycles. The molecule has 1 aromatic carbocycles. The second-order valence-corrected chi connectivity index (χ2v) is 5.99. The van der Waals surface area contributed by atoms with Crippen LogP contribution < -0.4 is 5.73 Å². The molecule has 2 aromatic rings. The quantitative estimate of drug-likeness (QED) is 0.874. The van der Waals surface area contributed by atoms with E-state index in [1.165, 1.54) is 11.8 Å². The Bertz CT molecular complexity index is 540. The molecule has 0 radical (unpaired) electrons. The fourth-order valence-electron chi connectivity index (χ4n) is 1.41. The van der Waals surface area contributed by atoms with Crippen molar-refractivity contribution in [3.05, 3.63) is 46.2 Å². The molecule has 0 aliphatic rings. The molecular formula is C13H14BrN3S. The van der Waals surface area contributed by atoms with Crippen molar-refractivity contribution in [3.8, 4) is 0 Å². The number of benzene rings is 1. The summed E-state index contributed by atoms with van der Waals surface area (Å²) in [5, 5.41) is 0.745. The van der Waals surface area contributed by atoms with Crippen LogP contribution in [0.15, 0.2) is 45.1 Å². The van der Waals surface area contributed by atoms with E-state index in [2.05, 4.69) is 25.9 Å². The molecule has 1 heterocycles. The van der Waals surface area contributed by atoms with E-state index in [-0.39, 0.29) is 6.04 Å². The Morgan fingerprint density at radius 3 is 2.50 bits per heavy atom. The van der Waals surface area contributed by atoms with Crippen molar-refractivity contribution in [1.29, 1.82) is 0 Å². The maximum atomic E-state index is 5.85. The minimum absolute atomic E-state index is 0.0379. The van der Waals surface area contributed by atoms with Crippen LogP contribution in [0.25, 0.3) is 0 Å². The first kappa shape index (κ1) is 13.5. The van der Waals surface area contributed by atoms with Crippen LogP contribution in [0, 0.1) is 6.92 Å². The van der Waals surface area contributed by atoms with Crippen LogP contribution in [-0.2, 0) is 0 Å². The molecular weight excluding hydrogens is 310 g/mol. The highest BCUT2D eigenvalue weighted by Gasteiger charge is 2.07. The van der Waals surface area contributed by atoms with Crippen molar-refractivity contribution < 1.29 is 0 Å². The van der Waals surface area contributed by atoms with Gasteiger partial charge in [-0.1, -0.05) is 6.07 Å². The minimum atomic E-state index is 0.0379. The molecule has 0 unspecified atom stereocenters. The highest BCUT2D eigenvalue weighted by molar-refractivity contribution is 9.10. The lowest BCUT2D eigenvalue weighted by Gasteiger charge is -2.09. The summed E-state index contributed by atoms with van der Waals surface area (Å²) in [6.45, 7) is 3.94. The molecule has 0 spiro atoms. The van der Waals surface area contributed by atoms with Crippen LogP contribution in [-0.4, -0.2) is 9.97 Å². The van der Waals surface area contributed by atoms with Crippen LogP contribution in [0.1, 0.15) is 24.1 Å². The van der Waals surface area contributed by atoms with Gasteiger partial charge in [-0.25, -0.2) is 9.97 Å². The van der Waals surface area contributed by atoms with Gasteiger partial charge in [-0.3, -0.25) is 0 Å². The van der Waals surface area contributed by atoms with E-state index < -0.39 is 0 Å². The van der Waals surface area contributed by atoms with Gasteiger partial charge < -0.3 is 5.73 Å². The van der Waals surface area contributed by atoms with Gasteiger partial charge in [0.25, 0.3) is 0 Å². The Morgan fingerprint density at radius 2 is 1.94 bits per heavy atom. The Labute approximate surface area is 119 Å². The van der Waals surface area contributed by atoms with Crippen molar-refractivity contribution in [2.45, 2.75) is 29.9 Å². The smallest absolute Gasteiger partial charge is 0.192 e. The van der Waals surface area contributed by atoms with Crippen LogP contribution in [0.5, 0.6) is 0 Å². The first-order valence-corrected chi connectivity index (χ1v) is 7.19. The fraction of sp³-hybridized carbons (Fsp3) is 0.231. The highest BCUT2D eigenvalue weighted by Crippen LogP contribution is 2.32.